The molecule has 2 heteroatoms. The third-order valence-corrected chi connectivity index (χ3v) is 2.97. The predicted octanol–water partition coefficient (Wildman–Crippen LogP) is 1.07. The zero-order chi connectivity index (χ0) is 10.7. The molecule has 0 spiro atoms. The summed E-state index contributed by atoms with van der Waals surface area (Å²) in [5, 5.41) is 19.9. The maximum Gasteiger partial charge on any atom is 0.0758 e. The molecule has 0 aliphatic heterocycles. The van der Waals surface area contributed by atoms with Crippen LogP contribution in [0.5, 0.6) is 0 Å². The second kappa shape index (κ2) is 4.05. The molecular formula is C12H16O2. The molecule has 0 bridgehead atoms. The van der Waals surface area contributed by atoms with Gasteiger partial charge in [-0.3, -0.25) is 0 Å². The molecule has 0 unspecified atom stereocenters. The summed E-state index contributed by atoms with van der Waals surface area (Å²) in [4.78, 5) is 0. The monoisotopic (exact) mass is 192 g/mol. The van der Waals surface area contributed by atoms with Crippen LogP contribution in [0.2, 0.25) is 0 Å². The van der Waals surface area contributed by atoms with E-state index in [-0.39, 0.29) is 0 Å². The van der Waals surface area contributed by atoms with Gasteiger partial charge in [-0.15, -0.1) is 24.7 Å². The Morgan fingerprint density at radius 2 is 1.14 bits per heavy atom. The molecule has 1 fully saturated rings. The van der Waals surface area contributed by atoms with Crippen molar-refractivity contribution in [1.29, 1.82) is 0 Å². The van der Waals surface area contributed by atoms with Crippen molar-refractivity contribution in [2.75, 3.05) is 0 Å². The molecule has 2 N–H and O–H groups in total. The molecule has 1 aliphatic rings. The third kappa shape index (κ3) is 2.51. The minimum Gasteiger partial charge on any atom is -0.389 e. The fourth-order valence-electron chi connectivity index (χ4n) is 1.91. The van der Waals surface area contributed by atoms with Crippen molar-refractivity contribution in [2.45, 2.75) is 49.7 Å². The van der Waals surface area contributed by atoms with Gasteiger partial charge in [0.05, 0.1) is 11.2 Å². The molecule has 0 amide bonds. The van der Waals surface area contributed by atoms with Crippen molar-refractivity contribution in [3.05, 3.63) is 0 Å². The Labute approximate surface area is 85.3 Å². The number of terminal acetylenes is 2. The highest BCUT2D eigenvalue weighted by atomic mass is 16.3. The third-order valence-electron chi connectivity index (χ3n) is 2.97. The van der Waals surface area contributed by atoms with Gasteiger partial charge in [-0.1, -0.05) is 0 Å². The van der Waals surface area contributed by atoms with Gasteiger partial charge in [0.2, 0.25) is 0 Å². The van der Waals surface area contributed by atoms with Gasteiger partial charge in [0.15, 0.2) is 0 Å². The van der Waals surface area contributed by atoms with E-state index in [2.05, 4.69) is 11.8 Å². The molecule has 76 valence electrons. The normalized spacial score (nSPS) is 37.1. The molecule has 0 aromatic heterocycles. The SMILES string of the molecule is C#CCC1(O)CCC(O)(CC#C)CC1. The van der Waals surface area contributed by atoms with E-state index in [4.69, 9.17) is 12.8 Å². The Kier molecular flexibility index (Phi) is 3.21. The molecular weight excluding hydrogens is 176 g/mol. The highest BCUT2D eigenvalue weighted by Gasteiger charge is 2.39. The first-order valence-corrected chi connectivity index (χ1v) is 4.85. The summed E-state index contributed by atoms with van der Waals surface area (Å²) in [6.45, 7) is 0. The molecule has 0 saturated heterocycles. The Hall–Kier alpha value is -0.960. The van der Waals surface area contributed by atoms with Crippen molar-refractivity contribution >= 4 is 0 Å². The lowest BCUT2D eigenvalue weighted by Crippen LogP contribution is -2.42. The van der Waals surface area contributed by atoms with Crippen LogP contribution in [0.4, 0.5) is 0 Å². The first-order valence-electron chi connectivity index (χ1n) is 4.85. The lowest BCUT2D eigenvalue weighted by Gasteiger charge is -2.39. The summed E-state index contributed by atoms with van der Waals surface area (Å²) in [6.07, 6.45) is 13.2. The molecule has 2 nitrogen and oxygen atoms in total. The average Bonchev–Trinajstić information content (AvgIpc) is 2.13. The minimum atomic E-state index is -0.782. The van der Waals surface area contributed by atoms with Gasteiger partial charge >= 0.3 is 0 Å². The van der Waals surface area contributed by atoms with Crippen LogP contribution in [0.1, 0.15) is 38.5 Å². The van der Waals surface area contributed by atoms with E-state index < -0.39 is 11.2 Å². The summed E-state index contributed by atoms with van der Waals surface area (Å²) in [5.41, 5.74) is -1.56. The van der Waals surface area contributed by atoms with E-state index in [0.717, 1.165) is 0 Å². The largest absolute Gasteiger partial charge is 0.389 e. The van der Waals surface area contributed by atoms with E-state index in [1.165, 1.54) is 0 Å². The molecule has 0 aromatic rings. The highest BCUT2D eigenvalue weighted by Crippen LogP contribution is 2.38. The quantitative estimate of drug-likeness (QED) is 0.642. The van der Waals surface area contributed by atoms with Crippen LogP contribution in [-0.2, 0) is 0 Å². The standard InChI is InChI=1S/C12H16O2/c1-3-5-11(13)7-9-12(14,6-4-2)10-8-11/h1-2,13-14H,5-10H2. The Morgan fingerprint density at radius 3 is 1.36 bits per heavy atom. The van der Waals surface area contributed by atoms with Crippen molar-refractivity contribution in [3.63, 3.8) is 0 Å². The van der Waals surface area contributed by atoms with Crippen LogP contribution in [0.25, 0.3) is 0 Å². The fourth-order valence-corrected chi connectivity index (χ4v) is 1.91. The number of hydrogen-bond donors (Lipinski definition) is 2. The van der Waals surface area contributed by atoms with Gasteiger partial charge in [-0.2, -0.15) is 0 Å². The smallest absolute Gasteiger partial charge is 0.0758 e. The number of rotatable bonds is 2. The molecule has 0 atom stereocenters. The van der Waals surface area contributed by atoms with E-state index in [1.807, 2.05) is 0 Å². The van der Waals surface area contributed by atoms with Crippen molar-refractivity contribution in [2.24, 2.45) is 0 Å². The van der Waals surface area contributed by atoms with Crippen molar-refractivity contribution < 1.29 is 10.2 Å². The van der Waals surface area contributed by atoms with Crippen LogP contribution < -0.4 is 0 Å². The summed E-state index contributed by atoms with van der Waals surface area (Å²) < 4.78 is 0. The lowest BCUT2D eigenvalue weighted by molar-refractivity contribution is -0.0755. The van der Waals surface area contributed by atoms with E-state index in [9.17, 15) is 10.2 Å². The zero-order valence-corrected chi connectivity index (χ0v) is 8.29. The van der Waals surface area contributed by atoms with Gasteiger partial charge in [-0.25, -0.2) is 0 Å². The maximum absolute atomic E-state index is 9.97. The summed E-state index contributed by atoms with van der Waals surface area (Å²) >= 11 is 0. The van der Waals surface area contributed by atoms with E-state index in [0.29, 0.717) is 38.5 Å². The van der Waals surface area contributed by atoms with Crippen LogP contribution in [0.15, 0.2) is 0 Å². The average molecular weight is 192 g/mol. The highest BCUT2D eigenvalue weighted by molar-refractivity contribution is 5.04. The molecule has 0 radical (unpaired) electrons. The van der Waals surface area contributed by atoms with Crippen LogP contribution in [-0.4, -0.2) is 21.4 Å². The van der Waals surface area contributed by atoms with E-state index in [1.54, 1.807) is 0 Å². The van der Waals surface area contributed by atoms with Gasteiger partial charge in [-0.05, 0) is 25.7 Å². The molecule has 1 rings (SSSR count). The van der Waals surface area contributed by atoms with Crippen LogP contribution in [0, 0.1) is 24.7 Å². The first kappa shape index (κ1) is 11.1. The summed E-state index contributed by atoms with van der Waals surface area (Å²) in [6, 6.07) is 0. The summed E-state index contributed by atoms with van der Waals surface area (Å²) in [7, 11) is 0. The topological polar surface area (TPSA) is 40.5 Å². The number of aliphatic hydroxyl groups is 2. The van der Waals surface area contributed by atoms with Crippen molar-refractivity contribution in [1.82, 2.24) is 0 Å². The Morgan fingerprint density at radius 1 is 0.857 bits per heavy atom. The molecule has 1 aliphatic carbocycles. The van der Waals surface area contributed by atoms with Gasteiger partial charge in [0, 0.05) is 12.8 Å². The van der Waals surface area contributed by atoms with Gasteiger partial charge < -0.3 is 10.2 Å². The Balaban J connectivity index is 2.54. The molecule has 0 heterocycles. The molecule has 1 saturated carbocycles. The second-order valence-corrected chi connectivity index (χ2v) is 4.21. The zero-order valence-electron chi connectivity index (χ0n) is 8.29. The first-order chi connectivity index (χ1) is 6.54. The van der Waals surface area contributed by atoms with E-state index >= 15 is 0 Å². The second-order valence-electron chi connectivity index (χ2n) is 4.21. The molecule has 14 heavy (non-hydrogen) atoms. The van der Waals surface area contributed by atoms with Crippen LogP contribution >= 0.6 is 0 Å². The lowest BCUT2D eigenvalue weighted by atomic mass is 9.73. The van der Waals surface area contributed by atoms with Crippen LogP contribution in [0.3, 0.4) is 0 Å². The Bertz CT molecular complexity index is 242. The van der Waals surface area contributed by atoms with Gasteiger partial charge in [0.25, 0.3) is 0 Å². The minimum absolute atomic E-state index is 0.360. The number of hydrogen-bond acceptors (Lipinski definition) is 2. The van der Waals surface area contributed by atoms with Gasteiger partial charge in [0.1, 0.15) is 0 Å². The maximum atomic E-state index is 9.97. The predicted molar refractivity (Wildman–Crippen MR) is 55.3 cm³/mol. The molecule has 0 aromatic carbocycles. The fraction of sp³-hybridized carbons (Fsp3) is 0.667. The summed E-state index contributed by atoms with van der Waals surface area (Å²) in [5.74, 6) is 4.93. The van der Waals surface area contributed by atoms with Crippen molar-refractivity contribution in [3.8, 4) is 24.7 Å².